The number of rotatable bonds is 3. The first-order valence-electron chi connectivity index (χ1n) is 9.58. The van der Waals surface area contributed by atoms with Crippen LogP contribution in [0.3, 0.4) is 0 Å². The molecule has 1 atom stereocenters. The predicted octanol–water partition coefficient (Wildman–Crippen LogP) is 2.84. The van der Waals surface area contributed by atoms with Crippen LogP contribution in [0.25, 0.3) is 22.3 Å². The Bertz CT molecular complexity index is 1150. The van der Waals surface area contributed by atoms with Crippen molar-refractivity contribution in [2.24, 2.45) is 0 Å². The molecule has 0 bridgehead atoms. The number of amides is 1. The van der Waals surface area contributed by atoms with Crippen molar-refractivity contribution in [3.8, 4) is 17.4 Å². The molecule has 0 unspecified atom stereocenters. The zero-order chi connectivity index (χ0) is 21.5. The minimum absolute atomic E-state index is 0.0838. The molecule has 3 heterocycles. The molecule has 1 aliphatic heterocycles. The number of H-pyrrole nitrogens is 2. The number of benzene rings is 1. The normalized spacial score (nSPS) is 16.8. The summed E-state index contributed by atoms with van der Waals surface area (Å²) in [6.45, 7) is 6.18. The number of aromatic nitrogens is 4. The summed E-state index contributed by atoms with van der Waals surface area (Å²) in [6.07, 6.45) is -0.234. The van der Waals surface area contributed by atoms with Crippen molar-refractivity contribution in [2.75, 3.05) is 13.1 Å². The Labute approximate surface area is 171 Å². The maximum Gasteiger partial charge on any atom is 0.410 e. The summed E-state index contributed by atoms with van der Waals surface area (Å²) in [6, 6.07) is 6.26. The van der Waals surface area contributed by atoms with Crippen molar-refractivity contribution in [1.82, 2.24) is 25.1 Å². The van der Waals surface area contributed by atoms with E-state index in [1.54, 1.807) is 43.9 Å². The molecular formula is C20H22FN5O4. The first kappa shape index (κ1) is 19.9. The van der Waals surface area contributed by atoms with Gasteiger partial charge < -0.3 is 14.4 Å². The Morgan fingerprint density at radius 3 is 2.83 bits per heavy atom. The molecule has 1 aliphatic rings. The fourth-order valence-electron chi connectivity index (χ4n) is 3.30. The van der Waals surface area contributed by atoms with E-state index in [9.17, 15) is 14.0 Å². The third kappa shape index (κ3) is 4.12. The number of pyridine rings is 1. The molecule has 0 radical (unpaired) electrons. The van der Waals surface area contributed by atoms with Crippen LogP contribution in [0.1, 0.15) is 27.2 Å². The Morgan fingerprint density at radius 2 is 2.13 bits per heavy atom. The van der Waals surface area contributed by atoms with E-state index < -0.39 is 23.2 Å². The van der Waals surface area contributed by atoms with Crippen molar-refractivity contribution in [2.45, 2.75) is 38.9 Å². The Hall–Kier alpha value is -3.43. The molecule has 158 valence electrons. The van der Waals surface area contributed by atoms with Crippen LogP contribution in [0, 0.1) is 5.82 Å². The smallest absolute Gasteiger partial charge is 0.410 e. The molecule has 1 amide bonds. The number of carbonyl (C=O) groups excluding carboxylic acids is 1. The number of hydrogen-bond acceptors (Lipinski definition) is 6. The molecule has 4 rings (SSSR count). The highest BCUT2D eigenvalue weighted by atomic mass is 19.1. The summed E-state index contributed by atoms with van der Waals surface area (Å²) in [7, 11) is 0. The van der Waals surface area contributed by atoms with Crippen LogP contribution < -0.4 is 10.4 Å². The molecule has 2 N–H and O–H groups in total. The SMILES string of the molecule is CC(C)(C)OC(=O)N1CC[C@H](Oc2nc(-c3n[nH]c(=O)[nH]3)cc3cccc(F)c23)C1. The summed E-state index contributed by atoms with van der Waals surface area (Å²) in [5.41, 5.74) is -0.730. The predicted molar refractivity (Wildman–Crippen MR) is 107 cm³/mol. The molecule has 10 heteroatoms. The second-order valence-corrected chi connectivity index (χ2v) is 8.13. The molecule has 0 aliphatic carbocycles. The first-order chi connectivity index (χ1) is 14.2. The van der Waals surface area contributed by atoms with Gasteiger partial charge in [-0.1, -0.05) is 12.1 Å². The zero-order valence-corrected chi connectivity index (χ0v) is 16.9. The molecule has 1 fully saturated rings. The van der Waals surface area contributed by atoms with E-state index in [1.807, 2.05) is 0 Å². The van der Waals surface area contributed by atoms with Crippen LogP contribution in [0.15, 0.2) is 29.1 Å². The molecule has 2 aromatic heterocycles. The lowest BCUT2D eigenvalue weighted by Gasteiger charge is -2.24. The molecule has 9 nitrogen and oxygen atoms in total. The van der Waals surface area contributed by atoms with Gasteiger partial charge in [0.25, 0.3) is 0 Å². The number of halogens is 1. The van der Waals surface area contributed by atoms with Crippen molar-refractivity contribution in [1.29, 1.82) is 0 Å². The number of aromatic amines is 2. The molecular weight excluding hydrogens is 393 g/mol. The number of carbonyl (C=O) groups is 1. The van der Waals surface area contributed by atoms with Crippen molar-refractivity contribution in [3.05, 3.63) is 40.6 Å². The summed E-state index contributed by atoms with van der Waals surface area (Å²) < 4.78 is 26.0. The third-order valence-electron chi connectivity index (χ3n) is 4.59. The van der Waals surface area contributed by atoms with Gasteiger partial charge in [-0.05, 0) is 38.3 Å². The maximum absolute atomic E-state index is 14.6. The Kier molecular flexibility index (Phi) is 4.92. The molecule has 30 heavy (non-hydrogen) atoms. The largest absolute Gasteiger partial charge is 0.472 e. The fraction of sp³-hybridized carbons (Fsp3) is 0.400. The summed E-state index contributed by atoms with van der Waals surface area (Å²) in [5.74, 6) is -0.169. The average Bonchev–Trinajstić information content (AvgIpc) is 3.29. The van der Waals surface area contributed by atoms with E-state index in [0.717, 1.165) is 0 Å². The summed E-state index contributed by atoms with van der Waals surface area (Å²) >= 11 is 0. The van der Waals surface area contributed by atoms with Crippen molar-refractivity contribution >= 4 is 16.9 Å². The monoisotopic (exact) mass is 415 g/mol. The third-order valence-corrected chi connectivity index (χ3v) is 4.59. The summed E-state index contributed by atoms with van der Waals surface area (Å²) in [5, 5.41) is 6.95. The highest BCUT2D eigenvalue weighted by Crippen LogP contribution is 2.31. The average molecular weight is 415 g/mol. The van der Waals surface area contributed by atoms with Crippen LogP contribution in [-0.2, 0) is 4.74 Å². The van der Waals surface area contributed by atoms with Crippen LogP contribution in [0.4, 0.5) is 9.18 Å². The number of fused-ring (bicyclic) bond motifs is 1. The van der Waals surface area contributed by atoms with Crippen molar-refractivity contribution < 1.29 is 18.7 Å². The number of hydrogen-bond donors (Lipinski definition) is 2. The second kappa shape index (κ2) is 7.43. The molecule has 1 saturated heterocycles. The standard InChI is InChI=1S/C20H22FN5O4/c1-20(2,3)30-19(28)26-8-7-12(10-26)29-17-15-11(5-4-6-13(15)21)9-14(22-17)16-23-18(27)25-24-16/h4-6,9,12H,7-8,10H2,1-3H3,(H2,23,24,25,27)/t12-/m0/s1. The number of likely N-dealkylation sites (tertiary alicyclic amines) is 1. The van der Waals surface area contributed by atoms with Crippen molar-refractivity contribution in [3.63, 3.8) is 0 Å². The van der Waals surface area contributed by atoms with Crippen LogP contribution in [0.5, 0.6) is 5.88 Å². The van der Waals surface area contributed by atoms with Gasteiger partial charge in [-0.2, -0.15) is 5.10 Å². The van der Waals surface area contributed by atoms with Crippen LogP contribution in [0.2, 0.25) is 0 Å². The molecule has 3 aromatic rings. The van der Waals surface area contributed by atoms with Gasteiger partial charge >= 0.3 is 11.8 Å². The van der Waals surface area contributed by atoms with Gasteiger partial charge in [0.1, 0.15) is 23.2 Å². The lowest BCUT2D eigenvalue weighted by molar-refractivity contribution is 0.0275. The second-order valence-electron chi connectivity index (χ2n) is 8.13. The van der Waals surface area contributed by atoms with Crippen LogP contribution in [-0.4, -0.2) is 56.0 Å². The minimum Gasteiger partial charge on any atom is -0.472 e. The van der Waals surface area contributed by atoms with Gasteiger partial charge in [0.2, 0.25) is 5.88 Å². The Balaban J connectivity index is 1.62. The van der Waals surface area contributed by atoms with E-state index in [-0.39, 0.29) is 23.2 Å². The van der Waals surface area contributed by atoms with Crippen LogP contribution >= 0.6 is 0 Å². The minimum atomic E-state index is -0.592. The topological polar surface area (TPSA) is 113 Å². The highest BCUT2D eigenvalue weighted by molar-refractivity contribution is 5.90. The van der Waals surface area contributed by atoms with Gasteiger partial charge in [0, 0.05) is 13.0 Å². The lowest BCUT2D eigenvalue weighted by atomic mass is 10.1. The van der Waals surface area contributed by atoms with E-state index in [1.165, 1.54) is 6.07 Å². The Morgan fingerprint density at radius 1 is 1.33 bits per heavy atom. The first-order valence-corrected chi connectivity index (χ1v) is 9.58. The number of nitrogens with zero attached hydrogens (tertiary/aromatic N) is 3. The number of ether oxygens (including phenoxy) is 2. The van der Waals surface area contributed by atoms with Gasteiger partial charge in [0.15, 0.2) is 5.82 Å². The lowest BCUT2D eigenvalue weighted by Crippen LogP contribution is -2.36. The molecule has 0 spiro atoms. The fourth-order valence-corrected chi connectivity index (χ4v) is 3.30. The highest BCUT2D eigenvalue weighted by Gasteiger charge is 2.31. The van der Waals surface area contributed by atoms with Gasteiger partial charge in [0.05, 0.1) is 11.9 Å². The van der Waals surface area contributed by atoms with E-state index >= 15 is 0 Å². The van der Waals surface area contributed by atoms with Gasteiger partial charge in [-0.25, -0.2) is 24.1 Å². The number of nitrogens with one attached hydrogen (secondary N) is 2. The van der Waals surface area contributed by atoms with E-state index in [0.29, 0.717) is 30.6 Å². The van der Waals surface area contributed by atoms with E-state index in [4.69, 9.17) is 9.47 Å². The molecule has 1 aromatic carbocycles. The molecule has 0 saturated carbocycles. The summed E-state index contributed by atoms with van der Waals surface area (Å²) in [4.78, 5) is 32.2. The quantitative estimate of drug-likeness (QED) is 0.680. The van der Waals surface area contributed by atoms with Gasteiger partial charge in [-0.15, -0.1) is 0 Å². The zero-order valence-electron chi connectivity index (χ0n) is 16.9. The maximum atomic E-state index is 14.6. The van der Waals surface area contributed by atoms with E-state index in [2.05, 4.69) is 20.2 Å². The van der Waals surface area contributed by atoms with Gasteiger partial charge in [-0.3, -0.25) is 4.98 Å².